The van der Waals surface area contributed by atoms with Gasteiger partial charge in [0.1, 0.15) is 11.5 Å². The largest absolute Gasteiger partial charge is 0.497 e. The number of likely N-dealkylation sites (tertiary alicyclic amines) is 1. The predicted octanol–water partition coefficient (Wildman–Crippen LogP) is 3.45. The molecule has 1 aliphatic rings. The van der Waals surface area contributed by atoms with Crippen LogP contribution in [-0.4, -0.2) is 44.0 Å². The lowest BCUT2D eigenvalue weighted by atomic mass is 10.0. The minimum Gasteiger partial charge on any atom is -0.497 e. The van der Waals surface area contributed by atoms with Crippen LogP contribution >= 0.6 is 11.6 Å². The van der Waals surface area contributed by atoms with Crippen LogP contribution in [0, 0.1) is 0 Å². The van der Waals surface area contributed by atoms with Crippen LogP contribution < -0.4 is 14.8 Å². The summed E-state index contributed by atoms with van der Waals surface area (Å²) in [5.74, 6) is 0.911. The molecule has 148 valence electrons. The Balaban J connectivity index is 1.72. The van der Waals surface area contributed by atoms with Gasteiger partial charge in [0.25, 0.3) is 5.91 Å². The zero-order valence-corrected chi connectivity index (χ0v) is 16.7. The molecule has 2 aromatic rings. The van der Waals surface area contributed by atoms with Gasteiger partial charge >= 0.3 is 0 Å². The van der Waals surface area contributed by atoms with Crippen molar-refractivity contribution in [2.45, 2.75) is 18.9 Å². The lowest BCUT2D eigenvalue weighted by molar-refractivity contribution is -0.131. The second kappa shape index (κ2) is 8.97. The summed E-state index contributed by atoms with van der Waals surface area (Å²) in [6.45, 7) is 0.540. The molecule has 1 saturated heterocycles. The molecule has 7 heteroatoms. The molecule has 2 amide bonds. The standard InChI is InChI=1S/C21H23ClN2O4/c1-27-14-9-10-19(28-2)16(12-14)18-8-5-11-24(18)20(25)13-23-21(26)15-6-3-4-7-17(15)22/h3-4,6-7,9-10,12,18H,5,8,11,13H2,1-2H3,(H,23,26)/t18-/m0/s1. The van der Waals surface area contributed by atoms with E-state index in [-0.39, 0.29) is 24.4 Å². The van der Waals surface area contributed by atoms with Crippen molar-refractivity contribution >= 4 is 23.4 Å². The van der Waals surface area contributed by atoms with E-state index in [1.54, 1.807) is 43.4 Å². The van der Waals surface area contributed by atoms with Crippen LogP contribution in [0.4, 0.5) is 0 Å². The molecule has 0 aromatic heterocycles. The molecular formula is C21H23ClN2O4. The van der Waals surface area contributed by atoms with Crippen molar-refractivity contribution < 1.29 is 19.1 Å². The van der Waals surface area contributed by atoms with Crippen LogP contribution in [0.25, 0.3) is 0 Å². The maximum Gasteiger partial charge on any atom is 0.253 e. The van der Waals surface area contributed by atoms with E-state index in [4.69, 9.17) is 21.1 Å². The van der Waals surface area contributed by atoms with E-state index in [0.29, 0.717) is 28.6 Å². The molecule has 0 radical (unpaired) electrons. The van der Waals surface area contributed by atoms with Crippen molar-refractivity contribution in [3.05, 3.63) is 58.6 Å². The second-order valence-electron chi connectivity index (χ2n) is 6.52. The van der Waals surface area contributed by atoms with Crippen molar-refractivity contribution in [1.29, 1.82) is 0 Å². The molecular weight excluding hydrogens is 380 g/mol. The molecule has 1 fully saturated rings. The number of benzene rings is 2. The van der Waals surface area contributed by atoms with Gasteiger partial charge in [0, 0.05) is 12.1 Å². The van der Waals surface area contributed by atoms with Gasteiger partial charge < -0.3 is 19.7 Å². The Morgan fingerprint density at radius 3 is 2.68 bits per heavy atom. The van der Waals surface area contributed by atoms with Gasteiger partial charge in [-0.25, -0.2) is 0 Å². The molecule has 0 unspecified atom stereocenters. The lowest BCUT2D eigenvalue weighted by Gasteiger charge is -2.27. The number of methoxy groups -OCH3 is 2. The zero-order valence-electron chi connectivity index (χ0n) is 15.9. The Labute approximate surface area is 169 Å². The molecule has 0 saturated carbocycles. The van der Waals surface area contributed by atoms with Gasteiger partial charge in [-0.15, -0.1) is 0 Å². The number of rotatable bonds is 6. The van der Waals surface area contributed by atoms with Crippen molar-refractivity contribution in [1.82, 2.24) is 10.2 Å². The smallest absolute Gasteiger partial charge is 0.253 e. The summed E-state index contributed by atoms with van der Waals surface area (Å²) >= 11 is 6.04. The van der Waals surface area contributed by atoms with Crippen molar-refractivity contribution in [2.75, 3.05) is 27.3 Å². The highest BCUT2D eigenvalue weighted by Gasteiger charge is 2.32. The molecule has 1 aliphatic heterocycles. The van der Waals surface area contributed by atoms with Gasteiger partial charge in [-0.1, -0.05) is 23.7 Å². The maximum atomic E-state index is 12.8. The van der Waals surface area contributed by atoms with Crippen LogP contribution in [0.5, 0.6) is 11.5 Å². The molecule has 2 aromatic carbocycles. The summed E-state index contributed by atoms with van der Waals surface area (Å²) in [5.41, 5.74) is 1.26. The van der Waals surface area contributed by atoms with E-state index in [1.807, 2.05) is 18.2 Å². The van der Waals surface area contributed by atoms with Gasteiger partial charge in [0.2, 0.25) is 5.91 Å². The first-order valence-corrected chi connectivity index (χ1v) is 9.47. The minimum absolute atomic E-state index is 0.0904. The Morgan fingerprint density at radius 2 is 1.96 bits per heavy atom. The third kappa shape index (κ3) is 4.22. The van der Waals surface area contributed by atoms with E-state index in [9.17, 15) is 9.59 Å². The first-order valence-electron chi connectivity index (χ1n) is 9.09. The minimum atomic E-state index is -0.367. The van der Waals surface area contributed by atoms with E-state index < -0.39 is 0 Å². The molecule has 28 heavy (non-hydrogen) atoms. The number of hydrogen-bond donors (Lipinski definition) is 1. The van der Waals surface area contributed by atoms with Crippen LogP contribution in [0.1, 0.15) is 34.8 Å². The number of hydrogen-bond acceptors (Lipinski definition) is 4. The quantitative estimate of drug-likeness (QED) is 0.803. The molecule has 0 aliphatic carbocycles. The number of nitrogens with zero attached hydrogens (tertiary/aromatic N) is 1. The van der Waals surface area contributed by atoms with Crippen molar-refractivity contribution in [3.8, 4) is 11.5 Å². The second-order valence-corrected chi connectivity index (χ2v) is 6.92. The van der Waals surface area contributed by atoms with E-state index >= 15 is 0 Å². The fourth-order valence-electron chi connectivity index (χ4n) is 3.49. The topological polar surface area (TPSA) is 67.9 Å². The fraction of sp³-hybridized carbons (Fsp3) is 0.333. The maximum absolute atomic E-state index is 12.8. The van der Waals surface area contributed by atoms with Gasteiger partial charge in [-0.3, -0.25) is 9.59 Å². The average Bonchev–Trinajstić information content (AvgIpc) is 3.21. The van der Waals surface area contributed by atoms with Gasteiger partial charge in [-0.2, -0.15) is 0 Å². The molecule has 0 spiro atoms. The molecule has 1 N–H and O–H groups in total. The number of carbonyl (C=O) groups excluding carboxylic acids is 2. The Bertz CT molecular complexity index is 871. The molecule has 3 rings (SSSR count). The average molecular weight is 403 g/mol. The van der Waals surface area contributed by atoms with Gasteiger partial charge in [-0.05, 0) is 43.2 Å². The monoisotopic (exact) mass is 402 g/mol. The highest BCUT2D eigenvalue weighted by atomic mass is 35.5. The number of ether oxygens (including phenoxy) is 2. The Hall–Kier alpha value is -2.73. The number of amides is 2. The molecule has 6 nitrogen and oxygen atoms in total. The van der Waals surface area contributed by atoms with Crippen molar-refractivity contribution in [3.63, 3.8) is 0 Å². The van der Waals surface area contributed by atoms with E-state index in [2.05, 4.69) is 5.32 Å². The van der Waals surface area contributed by atoms with E-state index in [1.165, 1.54) is 0 Å². The first kappa shape index (κ1) is 20.0. The fourth-order valence-corrected chi connectivity index (χ4v) is 3.71. The SMILES string of the molecule is COc1ccc(OC)c([C@@H]2CCCN2C(=O)CNC(=O)c2ccccc2Cl)c1. The Kier molecular flexibility index (Phi) is 6.41. The van der Waals surface area contributed by atoms with Crippen molar-refractivity contribution in [2.24, 2.45) is 0 Å². The third-order valence-electron chi connectivity index (χ3n) is 4.89. The predicted molar refractivity (Wildman–Crippen MR) is 107 cm³/mol. The van der Waals surface area contributed by atoms with Crippen LogP contribution in [0.3, 0.4) is 0 Å². The normalized spacial score (nSPS) is 16.0. The first-order chi connectivity index (χ1) is 13.5. The summed E-state index contributed by atoms with van der Waals surface area (Å²) in [7, 11) is 3.21. The number of nitrogens with one attached hydrogen (secondary N) is 1. The number of carbonyl (C=O) groups is 2. The summed E-state index contributed by atoms with van der Waals surface area (Å²) in [6.07, 6.45) is 1.71. The molecule has 1 atom stereocenters. The van der Waals surface area contributed by atoms with Gasteiger partial charge in [0.15, 0.2) is 0 Å². The van der Waals surface area contributed by atoms with E-state index in [0.717, 1.165) is 18.4 Å². The summed E-state index contributed by atoms with van der Waals surface area (Å²) in [5, 5.41) is 3.02. The van der Waals surface area contributed by atoms with Crippen LogP contribution in [-0.2, 0) is 4.79 Å². The lowest BCUT2D eigenvalue weighted by Crippen LogP contribution is -2.40. The summed E-state index contributed by atoms with van der Waals surface area (Å²) in [6, 6.07) is 12.2. The zero-order chi connectivity index (χ0) is 20.1. The van der Waals surface area contributed by atoms with Crippen LogP contribution in [0.2, 0.25) is 5.02 Å². The Morgan fingerprint density at radius 1 is 1.18 bits per heavy atom. The van der Waals surface area contributed by atoms with Crippen LogP contribution in [0.15, 0.2) is 42.5 Å². The summed E-state index contributed by atoms with van der Waals surface area (Å²) < 4.78 is 10.8. The molecule has 0 bridgehead atoms. The highest BCUT2D eigenvalue weighted by molar-refractivity contribution is 6.33. The summed E-state index contributed by atoms with van der Waals surface area (Å²) in [4.78, 5) is 26.9. The highest BCUT2D eigenvalue weighted by Crippen LogP contribution is 2.38. The number of halogens is 1. The molecule has 1 heterocycles. The van der Waals surface area contributed by atoms with Gasteiger partial charge in [0.05, 0.1) is 37.4 Å². The third-order valence-corrected chi connectivity index (χ3v) is 5.22.